The summed E-state index contributed by atoms with van der Waals surface area (Å²) in [6, 6.07) is 6.54. The Balaban J connectivity index is 1.58. The van der Waals surface area contributed by atoms with Crippen LogP contribution in [0.15, 0.2) is 24.3 Å². The fraction of sp³-hybridized carbons (Fsp3) is 0.500. The molecule has 1 amide bonds. The molecule has 1 saturated carbocycles. The fourth-order valence-electron chi connectivity index (χ4n) is 3.95. The summed E-state index contributed by atoms with van der Waals surface area (Å²) < 4.78 is 15.5. The SMILES string of the molecule is Cc1nn(C)c(C)c1CN(C(=O)C1CNNC1c1cccc(F)c1)C1CC1. The molecule has 4 rings (SSSR count). The average Bonchev–Trinajstić information content (AvgIpc) is 3.30. The molecule has 2 atom stereocenters. The highest BCUT2D eigenvalue weighted by atomic mass is 19.1. The number of amides is 1. The lowest BCUT2D eigenvalue weighted by molar-refractivity contribution is -0.136. The molecule has 27 heavy (non-hydrogen) atoms. The molecule has 2 unspecified atom stereocenters. The molecule has 0 bridgehead atoms. The first kappa shape index (κ1) is 18.1. The lowest BCUT2D eigenvalue weighted by Gasteiger charge is -2.28. The molecule has 1 aliphatic heterocycles. The number of benzene rings is 1. The summed E-state index contributed by atoms with van der Waals surface area (Å²) in [5, 5.41) is 4.48. The Kier molecular flexibility index (Phi) is 4.74. The van der Waals surface area contributed by atoms with Crippen molar-refractivity contribution >= 4 is 5.91 Å². The van der Waals surface area contributed by atoms with E-state index in [1.807, 2.05) is 36.5 Å². The Morgan fingerprint density at radius 2 is 2.15 bits per heavy atom. The van der Waals surface area contributed by atoms with Crippen LogP contribution in [-0.4, -0.2) is 33.2 Å². The molecular weight excluding hydrogens is 345 g/mol. The van der Waals surface area contributed by atoms with Gasteiger partial charge in [0.1, 0.15) is 5.82 Å². The van der Waals surface area contributed by atoms with Crippen molar-refractivity contribution in [3.05, 3.63) is 52.6 Å². The predicted octanol–water partition coefficient (Wildman–Crippen LogP) is 2.13. The summed E-state index contributed by atoms with van der Waals surface area (Å²) in [6.07, 6.45) is 2.09. The lowest BCUT2D eigenvalue weighted by atomic mass is 9.93. The van der Waals surface area contributed by atoms with E-state index >= 15 is 0 Å². The van der Waals surface area contributed by atoms with Crippen LogP contribution in [0.25, 0.3) is 0 Å². The number of aryl methyl sites for hydroxylation is 2. The number of rotatable bonds is 5. The van der Waals surface area contributed by atoms with Crippen LogP contribution in [0.4, 0.5) is 4.39 Å². The largest absolute Gasteiger partial charge is 0.335 e. The van der Waals surface area contributed by atoms with Crippen molar-refractivity contribution in [3.8, 4) is 0 Å². The maximum atomic E-state index is 13.7. The van der Waals surface area contributed by atoms with Crippen molar-refractivity contribution < 1.29 is 9.18 Å². The predicted molar refractivity (Wildman–Crippen MR) is 100 cm³/mol. The number of hydrogen-bond acceptors (Lipinski definition) is 4. The Morgan fingerprint density at radius 1 is 1.37 bits per heavy atom. The highest BCUT2D eigenvalue weighted by molar-refractivity contribution is 5.81. The van der Waals surface area contributed by atoms with Crippen molar-refractivity contribution in [1.82, 2.24) is 25.5 Å². The van der Waals surface area contributed by atoms with Crippen LogP contribution in [0.3, 0.4) is 0 Å². The van der Waals surface area contributed by atoms with Gasteiger partial charge in [0.25, 0.3) is 0 Å². The first-order chi connectivity index (χ1) is 13.0. The van der Waals surface area contributed by atoms with Crippen LogP contribution in [0.1, 0.15) is 41.4 Å². The van der Waals surface area contributed by atoms with E-state index in [4.69, 9.17) is 0 Å². The van der Waals surface area contributed by atoms with E-state index in [0.717, 1.165) is 35.4 Å². The third kappa shape index (κ3) is 3.49. The topological polar surface area (TPSA) is 62.2 Å². The van der Waals surface area contributed by atoms with E-state index in [1.54, 1.807) is 6.07 Å². The summed E-state index contributed by atoms with van der Waals surface area (Å²) in [5.41, 5.74) is 10.2. The van der Waals surface area contributed by atoms with Crippen molar-refractivity contribution in [2.24, 2.45) is 13.0 Å². The van der Waals surface area contributed by atoms with Crippen LogP contribution in [-0.2, 0) is 18.4 Å². The Hall–Kier alpha value is -2.25. The van der Waals surface area contributed by atoms with E-state index in [2.05, 4.69) is 16.0 Å². The summed E-state index contributed by atoms with van der Waals surface area (Å²) in [4.78, 5) is 15.5. The summed E-state index contributed by atoms with van der Waals surface area (Å²) in [7, 11) is 1.93. The lowest BCUT2D eigenvalue weighted by Crippen LogP contribution is -2.40. The van der Waals surface area contributed by atoms with Gasteiger partial charge >= 0.3 is 0 Å². The van der Waals surface area contributed by atoms with Crippen molar-refractivity contribution in [2.45, 2.75) is 45.3 Å². The first-order valence-electron chi connectivity index (χ1n) is 9.49. The molecule has 2 aliphatic rings. The van der Waals surface area contributed by atoms with Gasteiger partial charge in [0.05, 0.1) is 17.7 Å². The van der Waals surface area contributed by atoms with Gasteiger partial charge in [-0.25, -0.2) is 9.82 Å². The standard InChI is InChI=1S/C20H26FN5O/c1-12-18(13(2)25(3)24-12)11-26(16-7-8-16)20(27)17-10-22-23-19(17)14-5-4-6-15(21)9-14/h4-6,9,16-17,19,22-23H,7-8,10-11H2,1-3H3. The van der Waals surface area contributed by atoms with Gasteiger partial charge in [0, 0.05) is 37.4 Å². The second kappa shape index (κ2) is 7.05. The molecule has 2 aromatic rings. The highest BCUT2D eigenvalue weighted by Gasteiger charge is 2.41. The molecular formula is C20H26FN5O. The van der Waals surface area contributed by atoms with Crippen LogP contribution in [0.5, 0.6) is 0 Å². The number of nitrogens with one attached hydrogen (secondary N) is 2. The Bertz CT molecular complexity index is 860. The second-order valence-corrected chi connectivity index (χ2v) is 7.63. The molecule has 7 heteroatoms. The molecule has 6 nitrogen and oxygen atoms in total. The van der Waals surface area contributed by atoms with Crippen LogP contribution < -0.4 is 10.9 Å². The van der Waals surface area contributed by atoms with Crippen molar-refractivity contribution in [3.63, 3.8) is 0 Å². The zero-order valence-corrected chi connectivity index (χ0v) is 16.0. The number of carbonyl (C=O) groups is 1. The molecule has 0 radical (unpaired) electrons. The zero-order valence-electron chi connectivity index (χ0n) is 16.0. The molecule has 1 aliphatic carbocycles. The summed E-state index contributed by atoms with van der Waals surface area (Å²) in [5.74, 6) is -0.426. The Morgan fingerprint density at radius 3 is 2.78 bits per heavy atom. The molecule has 0 spiro atoms. The molecule has 1 aromatic heterocycles. The van der Waals surface area contributed by atoms with Gasteiger partial charge in [-0.2, -0.15) is 5.10 Å². The smallest absolute Gasteiger partial charge is 0.229 e. The van der Waals surface area contributed by atoms with Crippen molar-refractivity contribution in [1.29, 1.82) is 0 Å². The van der Waals surface area contributed by atoms with Crippen molar-refractivity contribution in [2.75, 3.05) is 6.54 Å². The molecule has 144 valence electrons. The quantitative estimate of drug-likeness (QED) is 0.845. The minimum Gasteiger partial charge on any atom is -0.335 e. The van der Waals surface area contributed by atoms with Crippen LogP contribution in [0, 0.1) is 25.6 Å². The molecule has 2 N–H and O–H groups in total. The van der Waals surface area contributed by atoms with E-state index in [1.165, 1.54) is 12.1 Å². The number of hydrazine groups is 1. The van der Waals surface area contributed by atoms with Gasteiger partial charge in [0.2, 0.25) is 5.91 Å². The number of hydrogen-bond donors (Lipinski definition) is 2. The zero-order chi connectivity index (χ0) is 19.1. The van der Waals surface area contributed by atoms with E-state index < -0.39 is 0 Å². The molecule has 1 aromatic carbocycles. The maximum Gasteiger partial charge on any atom is 0.229 e. The third-order valence-electron chi connectivity index (χ3n) is 5.76. The average molecular weight is 371 g/mol. The van der Waals surface area contributed by atoms with E-state index in [-0.39, 0.29) is 23.7 Å². The summed E-state index contributed by atoms with van der Waals surface area (Å²) in [6.45, 7) is 5.15. The first-order valence-corrected chi connectivity index (χ1v) is 9.49. The summed E-state index contributed by atoms with van der Waals surface area (Å²) >= 11 is 0. The fourth-order valence-corrected chi connectivity index (χ4v) is 3.95. The van der Waals surface area contributed by atoms with Gasteiger partial charge in [0.15, 0.2) is 0 Å². The third-order valence-corrected chi connectivity index (χ3v) is 5.76. The van der Waals surface area contributed by atoms with Gasteiger partial charge in [-0.1, -0.05) is 12.1 Å². The molecule has 1 saturated heterocycles. The normalized spacial score (nSPS) is 22.2. The minimum atomic E-state index is -0.284. The van der Waals surface area contributed by atoms with Gasteiger partial charge in [-0.15, -0.1) is 0 Å². The molecule has 2 fully saturated rings. The van der Waals surface area contributed by atoms with E-state index in [0.29, 0.717) is 19.1 Å². The Labute approximate surface area is 158 Å². The highest BCUT2D eigenvalue weighted by Crippen LogP contribution is 2.34. The monoisotopic (exact) mass is 371 g/mol. The number of halogens is 1. The van der Waals surface area contributed by atoms with Gasteiger partial charge in [-0.3, -0.25) is 14.9 Å². The maximum absolute atomic E-state index is 13.7. The second-order valence-electron chi connectivity index (χ2n) is 7.63. The van der Waals surface area contributed by atoms with Crippen LogP contribution in [0.2, 0.25) is 0 Å². The van der Waals surface area contributed by atoms with E-state index in [9.17, 15) is 9.18 Å². The van der Waals surface area contributed by atoms with Crippen LogP contribution >= 0.6 is 0 Å². The number of carbonyl (C=O) groups excluding carboxylic acids is 1. The number of aromatic nitrogens is 2. The van der Waals surface area contributed by atoms with Gasteiger partial charge < -0.3 is 4.90 Å². The van der Waals surface area contributed by atoms with Gasteiger partial charge in [-0.05, 0) is 44.4 Å². The molecule has 2 heterocycles. The minimum absolute atomic E-state index is 0.118. The number of nitrogens with zero attached hydrogens (tertiary/aromatic N) is 3.